The molecule has 0 radical (unpaired) electrons. The van der Waals surface area contributed by atoms with Gasteiger partial charge in [-0.3, -0.25) is 5.10 Å². The summed E-state index contributed by atoms with van der Waals surface area (Å²) in [4.78, 5) is 15.4. The Hall–Kier alpha value is -2.77. The van der Waals surface area contributed by atoms with Crippen LogP contribution in [0.3, 0.4) is 0 Å². The van der Waals surface area contributed by atoms with E-state index in [9.17, 15) is 0 Å². The lowest BCUT2D eigenvalue weighted by molar-refractivity contribution is 0.425. The number of aryl methyl sites for hydroxylation is 1. The Kier molecular flexibility index (Phi) is 3.49. The van der Waals surface area contributed by atoms with Crippen LogP contribution in [0.2, 0.25) is 0 Å². The molecule has 0 amide bonds. The highest BCUT2D eigenvalue weighted by atomic mass is 16.5. The summed E-state index contributed by atoms with van der Waals surface area (Å²) in [6.45, 7) is 3.60. The minimum absolute atomic E-state index is 0.325. The molecule has 8 nitrogen and oxygen atoms in total. The predicted molar refractivity (Wildman–Crippen MR) is 82.8 cm³/mol. The van der Waals surface area contributed by atoms with Crippen molar-refractivity contribution in [3.8, 4) is 11.5 Å². The summed E-state index contributed by atoms with van der Waals surface area (Å²) in [6, 6.07) is 3.85. The van der Waals surface area contributed by atoms with Gasteiger partial charge in [0.2, 0.25) is 0 Å². The first-order valence-electron chi connectivity index (χ1n) is 7.67. The molecule has 8 heteroatoms. The normalized spacial score (nSPS) is 18.3. The fourth-order valence-corrected chi connectivity index (χ4v) is 3.03. The molecule has 0 spiro atoms. The summed E-state index contributed by atoms with van der Waals surface area (Å²) in [5.74, 6) is 3.26. The highest BCUT2D eigenvalue weighted by molar-refractivity contribution is 5.69. The maximum absolute atomic E-state index is 5.32. The van der Waals surface area contributed by atoms with Crippen molar-refractivity contribution < 1.29 is 4.52 Å². The lowest BCUT2D eigenvalue weighted by Gasteiger charge is -2.33. The molecule has 23 heavy (non-hydrogen) atoms. The van der Waals surface area contributed by atoms with Crippen LogP contribution in [0.1, 0.15) is 30.4 Å². The average Bonchev–Trinajstić information content (AvgIpc) is 3.27. The Morgan fingerprint density at radius 1 is 1.35 bits per heavy atom. The quantitative estimate of drug-likeness (QED) is 0.789. The lowest BCUT2D eigenvalue weighted by atomic mass is 9.97. The molecule has 1 aliphatic rings. The molecule has 1 aliphatic heterocycles. The molecular formula is C15H17N7O. The number of hydrogen-bond donors (Lipinski definition) is 1. The van der Waals surface area contributed by atoms with Crippen molar-refractivity contribution in [1.82, 2.24) is 30.3 Å². The number of H-pyrrole nitrogens is 1. The first-order chi connectivity index (χ1) is 11.3. The molecular weight excluding hydrogens is 294 g/mol. The molecule has 1 fully saturated rings. The first kappa shape index (κ1) is 13.9. The van der Waals surface area contributed by atoms with Crippen LogP contribution in [0.4, 0.5) is 5.82 Å². The Morgan fingerprint density at radius 3 is 3.09 bits per heavy atom. The van der Waals surface area contributed by atoms with Crippen molar-refractivity contribution in [1.29, 1.82) is 0 Å². The minimum atomic E-state index is 0.325. The van der Waals surface area contributed by atoms with Crippen LogP contribution in [-0.4, -0.2) is 43.4 Å². The van der Waals surface area contributed by atoms with Gasteiger partial charge in [0.25, 0.3) is 5.89 Å². The van der Waals surface area contributed by atoms with E-state index in [1.54, 1.807) is 12.5 Å². The highest BCUT2D eigenvalue weighted by Crippen LogP contribution is 2.32. The molecule has 1 atom stereocenters. The van der Waals surface area contributed by atoms with E-state index in [0.29, 0.717) is 17.6 Å². The summed E-state index contributed by atoms with van der Waals surface area (Å²) in [6.07, 6.45) is 5.51. The van der Waals surface area contributed by atoms with Crippen molar-refractivity contribution in [3.05, 3.63) is 36.3 Å². The Labute approximate surface area is 133 Å². The van der Waals surface area contributed by atoms with Crippen LogP contribution in [-0.2, 0) is 0 Å². The first-order valence-corrected chi connectivity index (χ1v) is 7.67. The number of piperidine rings is 1. The number of nitrogens with zero attached hydrogens (tertiary/aromatic N) is 6. The fourth-order valence-electron chi connectivity index (χ4n) is 3.03. The maximum Gasteiger partial charge on any atom is 0.261 e. The van der Waals surface area contributed by atoms with Gasteiger partial charge in [0.05, 0.1) is 5.56 Å². The van der Waals surface area contributed by atoms with E-state index in [0.717, 1.165) is 43.1 Å². The molecule has 1 N–H and O–H groups in total. The monoisotopic (exact) mass is 311 g/mol. The smallest absolute Gasteiger partial charge is 0.261 e. The van der Waals surface area contributed by atoms with Crippen molar-refractivity contribution in [2.45, 2.75) is 25.7 Å². The van der Waals surface area contributed by atoms with E-state index < -0.39 is 0 Å². The number of anilines is 1. The van der Waals surface area contributed by atoms with Gasteiger partial charge in [0.15, 0.2) is 5.82 Å². The van der Waals surface area contributed by atoms with E-state index >= 15 is 0 Å². The Balaban J connectivity index is 1.65. The Morgan fingerprint density at radius 2 is 2.30 bits per heavy atom. The largest absolute Gasteiger partial charge is 0.355 e. The van der Waals surface area contributed by atoms with Crippen LogP contribution in [0.25, 0.3) is 11.5 Å². The van der Waals surface area contributed by atoms with Crippen molar-refractivity contribution in [3.63, 3.8) is 0 Å². The minimum Gasteiger partial charge on any atom is -0.355 e. The number of hydrogen-bond acceptors (Lipinski definition) is 7. The molecule has 3 aromatic rings. The van der Waals surface area contributed by atoms with Gasteiger partial charge in [-0.25, -0.2) is 9.97 Å². The molecule has 0 bridgehead atoms. The zero-order valence-corrected chi connectivity index (χ0v) is 12.8. The second kappa shape index (κ2) is 5.79. The second-order valence-corrected chi connectivity index (χ2v) is 5.68. The van der Waals surface area contributed by atoms with Gasteiger partial charge in [-0.1, -0.05) is 5.16 Å². The van der Waals surface area contributed by atoms with E-state index in [2.05, 4.69) is 35.2 Å². The van der Waals surface area contributed by atoms with Gasteiger partial charge in [0.1, 0.15) is 18.0 Å². The number of aromatic nitrogens is 6. The lowest BCUT2D eigenvalue weighted by Crippen LogP contribution is -2.35. The van der Waals surface area contributed by atoms with Crippen molar-refractivity contribution in [2.24, 2.45) is 0 Å². The topological polar surface area (TPSA) is 96.6 Å². The van der Waals surface area contributed by atoms with Crippen LogP contribution in [0, 0.1) is 6.92 Å². The molecule has 0 saturated carbocycles. The molecule has 4 heterocycles. The third-order valence-corrected chi connectivity index (χ3v) is 4.09. The number of rotatable bonds is 3. The third-order valence-electron chi connectivity index (χ3n) is 4.09. The second-order valence-electron chi connectivity index (χ2n) is 5.68. The van der Waals surface area contributed by atoms with Gasteiger partial charge in [0, 0.05) is 25.2 Å². The SMILES string of the molecule is Cc1noc(-c2cccnc2N2CCCC(c3ncn[nH]3)C2)n1. The summed E-state index contributed by atoms with van der Waals surface area (Å²) >= 11 is 0. The average molecular weight is 311 g/mol. The molecule has 118 valence electrons. The molecule has 1 saturated heterocycles. The zero-order chi connectivity index (χ0) is 15.6. The van der Waals surface area contributed by atoms with Gasteiger partial charge < -0.3 is 9.42 Å². The molecule has 4 rings (SSSR count). The van der Waals surface area contributed by atoms with Gasteiger partial charge in [-0.05, 0) is 31.9 Å². The standard InChI is InChI=1S/C15H17N7O/c1-10-19-15(23-21-10)12-5-2-6-16-14(12)22-7-3-4-11(8-22)13-17-9-18-20-13/h2,5-6,9,11H,3-4,7-8H2,1H3,(H,17,18,20). The van der Waals surface area contributed by atoms with E-state index in [1.165, 1.54) is 0 Å². The van der Waals surface area contributed by atoms with Crippen LogP contribution in [0.15, 0.2) is 29.2 Å². The predicted octanol–water partition coefficient (Wildman–Crippen LogP) is 1.94. The van der Waals surface area contributed by atoms with E-state index in [4.69, 9.17) is 4.52 Å². The van der Waals surface area contributed by atoms with E-state index in [-0.39, 0.29) is 0 Å². The highest BCUT2D eigenvalue weighted by Gasteiger charge is 2.26. The number of nitrogens with one attached hydrogen (secondary N) is 1. The zero-order valence-electron chi connectivity index (χ0n) is 12.8. The van der Waals surface area contributed by atoms with Crippen LogP contribution < -0.4 is 4.90 Å². The van der Waals surface area contributed by atoms with Crippen LogP contribution >= 0.6 is 0 Å². The van der Waals surface area contributed by atoms with Crippen molar-refractivity contribution >= 4 is 5.82 Å². The third kappa shape index (κ3) is 2.67. The summed E-state index contributed by atoms with van der Waals surface area (Å²) < 4.78 is 5.32. The van der Waals surface area contributed by atoms with Gasteiger partial charge in [-0.2, -0.15) is 10.1 Å². The number of pyridine rings is 1. The van der Waals surface area contributed by atoms with Gasteiger partial charge in [-0.15, -0.1) is 0 Å². The number of aromatic amines is 1. The summed E-state index contributed by atoms with van der Waals surface area (Å²) in [5, 5.41) is 10.8. The maximum atomic E-state index is 5.32. The Bertz CT molecular complexity index is 783. The summed E-state index contributed by atoms with van der Waals surface area (Å²) in [5.41, 5.74) is 0.867. The molecule has 0 aliphatic carbocycles. The van der Waals surface area contributed by atoms with Crippen molar-refractivity contribution in [2.75, 3.05) is 18.0 Å². The fraction of sp³-hybridized carbons (Fsp3) is 0.400. The molecule has 0 aromatic carbocycles. The summed E-state index contributed by atoms with van der Waals surface area (Å²) in [7, 11) is 0. The molecule has 3 aromatic heterocycles. The van der Waals surface area contributed by atoms with E-state index in [1.807, 2.05) is 19.1 Å². The van der Waals surface area contributed by atoms with Crippen LogP contribution in [0.5, 0.6) is 0 Å². The van der Waals surface area contributed by atoms with Gasteiger partial charge >= 0.3 is 0 Å². The molecule has 1 unspecified atom stereocenters.